The van der Waals surface area contributed by atoms with E-state index in [0.29, 0.717) is 0 Å². The summed E-state index contributed by atoms with van der Waals surface area (Å²) in [5.41, 5.74) is 24.3. The highest BCUT2D eigenvalue weighted by molar-refractivity contribution is 6.16. The Labute approximate surface area is 400 Å². The second kappa shape index (κ2) is 14.5. The molecule has 0 unspecified atom stereocenters. The van der Waals surface area contributed by atoms with E-state index in [0.717, 1.165) is 11.4 Å². The van der Waals surface area contributed by atoms with E-state index in [1.54, 1.807) is 0 Å². The van der Waals surface area contributed by atoms with Gasteiger partial charge in [0.2, 0.25) is 0 Å². The van der Waals surface area contributed by atoms with E-state index in [4.69, 9.17) is 0 Å². The van der Waals surface area contributed by atoms with Gasteiger partial charge in [0.15, 0.2) is 0 Å². The van der Waals surface area contributed by atoms with Crippen LogP contribution in [0.15, 0.2) is 255 Å². The van der Waals surface area contributed by atoms with Gasteiger partial charge in [0.05, 0.1) is 27.5 Å². The van der Waals surface area contributed by atoms with Gasteiger partial charge in [-0.15, -0.1) is 0 Å². The van der Waals surface area contributed by atoms with Gasteiger partial charge in [-0.3, -0.25) is 0 Å². The largest absolute Gasteiger partial charge is 0.309 e. The Bertz CT molecular complexity index is 4010. The Kier molecular flexibility index (Phi) is 8.02. The minimum atomic E-state index is -0.444. The molecule has 2 heterocycles. The second-order valence-electron chi connectivity index (χ2n) is 18.7. The van der Waals surface area contributed by atoms with E-state index >= 15 is 0 Å². The van der Waals surface area contributed by atoms with Gasteiger partial charge >= 0.3 is 0 Å². The first-order chi connectivity index (χ1) is 34.3. The molecular weight excluding hydrogens is 833 g/mol. The number of benzene rings is 11. The summed E-state index contributed by atoms with van der Waals surface area (Å²) >= 11 is 0. The van der Waals surface area contributed by atoms with Gasteiger partial charge in [0.1, 0.15) is 0 Å². The van der Waals surface area contributed by atoms with Crippen molar-refractivity contribution in [1.29, 1.82) is 0 Å². The topological polar surface area (TPSA) is 9.86 Å². The second-order valence-corrected chi connectivity index (χ2v) is 18.7. The molecule has 0 amide bonds. The average Bonchev–Trinajstić information content (AvgIpc) is 4.13. The maximum atomic E-state index is 2.53. The fourth-order valence-corrected chi connectivity index (χ4v) is 12.6. The van der Waals surface area contributed by atoms with Gasteiger partial charge in [0, 0.05) is 44.0 Å². The van der Waals surface area contributed by atoms with Crippen LogP contribution in [0, 0.1) is 0 Å². The van der Waals surface area contributed by atoms with Crippen molar-refractivity contribution >= 4 is 43.6 Å². The highest BCUT2D eigenvalue weighted by Crippen LogP contribution is 2.63. The minimum absolute atomic E-state index is 0.444. The molecule has 0 aliphatic heterocycles. The van der Waals surface area contributed by atoms with Crippen LogP contribution < -0.4 is 0 Å². The Balaban J connectivity index is 1.05. The van der Waals surface area contributed by atoms with Crippen LogP contribution in [0.1, 0.15) is 22.3 Å². The molecule has 0 fully saturated rings. The first kappa shape index (κ1) is 38.2. The van der Waals surface area contributed by atoms with Crippen molar-refractivity contribution in [2.75, 3.05) is 0 Å². The van der Waals surface area contributed by atoms with Crippen LogP contribution in [-0.4, -0.2) is 9.13 Å². The Morgan fingerprint density at radius 3 is 1.10 bits per heavy atom. The van der Waals surface area contributed by atoms with Crippen molar-refractivity contribution in [3.8, 4) is 67.0 Å². The van der Waals surface area contributed by atoms with E-state index in [2.05, 4.69) is 264 Å². The lowest BCUT2D eigenvalue weighted by Gasteiger charge is -2.30. The van der Waals surface area contributed by atoms with E-state index < -0.39 is 5.41 Å². The lowest BCUT2D eigenvalue weighted by Crippen LogP contribution is -2.25. The number of fused-ring (bicyclic) bond motifs is 16. The summed E-state index contributed by atoms with van der Waals surface area (Å²) in [5.74, 6) is 0. The van der Waals surface area contributed by atoms with Crippen LogP contribution in [-0.2, 0) is 5.41 Å². The van der Waals surface area contributed by atoms with E-state index in [9.17, 15) is 0 Å². The maximum absolute atomic E-state index is 2.53. The zero-order chi connectivity index (χ0) is 45.2. The smallest absolute Gasteiger partial charge is 0.0725 e. The average molecular weight is 875 g/mol. The molecule has 0 radical (unpaired) electrons. The number of hydrogen-bond acceptors (Lipinski definition) is 0. The molecule has 0 saturated carbocycles. The molecule has 320 valence electrons. The van der Waals surface area contributed by atoms with Gasteiger partial charge in [-0.25, -0.2) is 0 Å². The molecule has 1 spiro atoms. The number of aromatic nitrogens is 2. The number of rotatable bonds is 5. The molecule has 0 saturated heterocycles. The Morgan fingerprint density at radius 2 is 0.609 bits per heavy atom. The van der Waals surface area contributed by atoms with Crippen LogP contribution >= 0.6 is 0 Å². The van der Waals surface area contributed by atoms with Crippen molar-refractivity contribution in [3.63, 3.8) is 0 Å². The van der Waals surface area contributed by atoms with Crippen LogP contribution in [0.3, 0.4) is 0 Å². The van der Waals surface area contributed by atoms with E-state index in [-0.39, 0.29) is 0 Å². The summed E-state index contributed by atoms with van der Waals surface area (Å²) in [4.78, 5) is 0. The normalized spacial score (nSPS) is 13.0. The van der Waals surface area contributed by atoms with Crippen LogP contribution in [0.4, 0.5) is 0 Å². The lowest BCUT2D eigenvalue weighted by molar-refractivity contribution is 0.794. The van der Waals surface area contributed by atoms with Gasteiger partial charge in [0.25, 0.3) is 0 Å². The third-order valence-electron chi connectivity index (χ3n) is 15.3. The van der Waals surface area contributed by atoms with Crippen LogP contribution in [0.2, 0.25) is 0 Å². The SMILES string of the molecule is c1ccc(-n2c3ccccc3c3cccc(-c4cc(-c5ccc6c(c5)C5(c7ccccc7-c7ccccc75)c5ccccc5-6)cc(-c5cccc6c7ccccc7n(-c7ccccc7)c56)c4)c32)cc1. The quantitative estimate of drug-likeness (QED) is 0.163. The minimum Gasteiger partial charge on any atom is -0.309 e. The Hall–Kier alpha value is -8.98. The molecule has 0 bridgehead atoms. The van der Waals surface area contributed by atoms with Crippen molar-refractivity contribution < 1.29 is 0 Å². The fraction of sp³-hybridized carbons (Fsp3) is 0.0149. The molecule has 2 aromatic heterocycles. The maximum Gasteiger partial charge on any atom is 0.0725 e. The van der Waals surface area contributed by atoms with Crippen LogP contribution in [0.5, 0.6) is 0 Å². The van der Waals surface area contributed by atoms with Crippen LogP contribution in [0.25, 0.3) is 111 Å². The molecule has 69 heavy (non-hydrogen) atoms. The molecule has 2 heteroatoms. The summed E-state index contributed by atoms with van der Waals surface area (Å²) in [5, 5.41) is 4.96. The van der Waals surface area contributed by atoms with Crippen molar-refractivity contribution in [3.05, 3.63) is 277 Å². The monoisotopic (exact) mass is 874 g/mol. The standard InChI is InChI=1S/C67H42N2/c1-3-19-47(20-4-1)68-63-35-15-10-26-55(63)57-30-17-28-49(65(57)68)45-39-44(40-46(41-45)50-29-18-31-58-56-27-11-16-36-64(56)69(66(50)58)48-21-5-2-6-22-48)43-37-38-54-53-25-9-14-34-61(53)67(62(54)42-43)59-32-12-7-23-51(59)52-24-8-13-33-60(52)67/h1-42H. The zero-order valence-electron chi connectivity index (χ0n) is 37.6. The summed E-state index contributed by atoms with van der Waals surface area (Å²) < 4.78 is 4.93. The lowest BCUT2D eigenvalue weighted by atomic mass is 9.70. The summed E-state index contributed by atoms with van der Waals surface area (Å²) in [6.07, 6.45) is 0. The molecule has 0 atom stereocenters. The third-order valence-corrected chi connectivity index (χ3v) is 15.3. The predicted molar refractivity (Wildman–Crippen MR) is 288 cm³/mol. The molecule has 15 rings (SSSR count). The summed E-state index contributed by atoms with van der Waals surface area (Å²) in [6, 6.07) is 95.0. The first-order valence-electron chi connectivity index (χ1n) is 24.0. The molecule has 11 aromatic carbocycles. The van der Waals surface area contributed by atoms with Gasteiger partial charge in [-0.2, -0.15) is 0 Å². The number of para-hydroxylation sites is 6. The molecule has 13 aromatic rings. The number of nitrogens with zero attached hydrogens (tertiary/aromatic N) is 2. The van der Waals surface area contributed by atoms with E-state index in [1.165, 1.54) is 122 Å². The van der Waals surface area contributed by atoms with Gasteiger partial charge in [-0.05, 0) is 127 Å². The predicted octanol–water partition coefficient (Wildman–Crippen LogP) is 17.2. The third kappa shape index (κ3) is 5.26. The molecule has 2 nitrogen and oxygen atoms in total. The fourth-order valence-electron chi connectivity index (χ4n) is 12.6. The highest BCUT2D eigenvalue weighted by atomic mass is 15.0. The summed E-state index contributed by atoms with van der Waals surface area (Å²) in [7, 11) is 0. The molecular formula is C67H42N2. The first-order valence-corrected chi connectivity index (χ1v) is 24.0. The van der Waals surface area contributed by atoms with Gasteiger partial charge < -0.3 is 9.13 Å². The zero-order valence-corrected chi connectivity index (χ0v) is 37.6. The molecule has 2 aliphatic carbocycles. The highest BCUT2D eigenvalue weighted by Gasteiger charge is 2.51. The number of hydrogen-bond donors (Lipinski definition) is 0. The van der Waals surface area contributed by atoms with Crippen molar-refractivity contribution in [2.24, 2.45) is 0 Å². The molecule has 2 aliphatic rings. The summed E-state index contributed by atoms with van der Waals surface area (Å²) in [6.45, 7) is 0. The van der Waals surface area contributed by atoms with Gasteiger partial charge in [-0.1, -0.05) is 194 Å². The van der Waals surface area contributed by atoms with E-state index in [1.807, 2.05) is 0 Å². The molecule has 0 N–H and O–H groups in total. The van der Waals surface area contributed by atoms with Crippen molar-refractivity contribution in [1.82, 2.24) is 9.13 Å². The Morgan fingerprint density at radius 1 is 0.232 bits per heavy atom. The van der Waals surface area contributed by atoms with Crippen molar-refractivity contribution in [2.45, 2.75) is 5.41 Å².